The fourth-order valence-corrected chi connectivity index (χ4v) is 4.55. The normalized spacial score (nSPS) is 43.1. The highest BCUT2D eigenvalue weighted by atomic mass is 16.2. The Balaban J connectivity index is 1.39. The third kappa shape index (κ3) is 2.27. The minimum atomic E-state index is 0.167. The summed E-state index contributed by atoms with van der Waals surface area (Å²) in [6.45, 7) is 4.43. The van der Waals surface area contributed by atoms with E-state index in [2.05, 4.69) is 29.4 Å². The summed E-state index contributed by atoms with van der Waals surface area (Å²) in [5.74, 6) is 1.22. The Morgan fingerprint density at radius 3 is 2.35 bits per heavy atom. The Hall–Kier alpha value is -0.610. The Morgan fingerprint density at radius 2 is 1.80 bits per heavy atom. The molecular weight excluding hydrogens is 250 g/mol. The first-order valence-electron chi connectivity index (χ1n) is 8.47. The summed E-state index contributed by atoms with van der Waals surface area (Å²) in [7, 11) is 0. The van der Waals surface area contributed by atoms with Gasteiger partial charge in [-0.2, -0.15) is 0 Å². The molecule has 5 atom stereocenters. The summed E-state index contributed by atoms with van der Waals surface area (Å²) in [6.07, 6.45) is 7.40. The van der Waals surface area contributed by atoms with Gasteiger partial charge in [-0.1, -0.05) is 13.8 Å². The van der Waals surface area contributed by atoms with Crippen molar-refractivity contribution in [1.29, 1.82) is 0 Å². The number of carbonyl (C=O) groups excluding carboxylic acids is 1. The smallest absolute Gasteiger partial charge is 0.241 e. The molecule has 20 heavy (non-hydrogen) atoms. The van der Waals surface area contributed by atoms with Crippen LogP contribution in [0.2, 0.25) is 0 Å². The number of piperidine rings is 1. The first-order valence-corrected chi connectivity index (χ1v) is 8.47. The summed E-state index contributed by atoms with van der Waals surface area (Å²) in [5, 5.41) is 7.10. The zero-order valence-corrected chi connectivity index (χ0v) is 12.6. The summed E-state index contributed by atoms with van der Waals surface area (Å²) >= 11 is 0. The zero-order chi connectivity index (χ0) is 13.9. The lowest BCUT2D eigenvalue weighted by Crippen LogP contribution is -2.54. The standard InChI is InChI=1S/C16H27N3O/c1-9(2)17-11-7-12-5-6-13(8-11)19(12)16(20)15-14(18-15)10-3-4-10/h9-15,17-18H,3-8H2,1-2H3/t11-,12+,13-,14-,15-/m0/s1. The number of carbonyl (C=O) groups is 1. The SMILES string of the molecule is CC(C)N[C@H]1C[C@H]2CC[C@@H](C1)N2C(=O)[C@H]1N[C@H]1C1CC1. The van der Waals surface area contributed by atoms with Crippen LogP contribution in [0.15, 0.2) is 0 Å². The van der Waals surface area contributed by atoms with Crippen LogP contribution in [-0.2, 0) is 4.79 Å². The summed E-state index contributed by atoms with van der Waals surface area (Å²) in [5.41, 5.74) is 0. The molecule has 4 heteroatoms. The number of nitrogens with one attached hydrogen (secondary N) is 2. The Bertz CT molecular complexity index is 393. The molecule has 4 fully saturated rings. The van der Waals surface area contributed by atoms with Crippen molar-refractivity contribution in [2.45, 2.75) is 88.6 Å². The Labute approximate surface area is 121 Å². The van der Waals surface area contributed by atoms with E-state index in [0.717, 1.165) is 18.8 Å². The van der Waals surface area contributed by atoms with Gasteiger partial charge in [-0.3, -0.25) is 10.1 Å². The van der Waals surface area contributed by atoms with Crippen LogP contribution in [0.3, 0.4) is 0 Å². The average Bonchev–Trinajstić information content (AvgIpc) is 3.24. The maximum Gasteiger partial charge on any atom is 0.241 e. The number of hydrogen-bond donors (Lipinski definition) is 2. The van der Waals surface area contributed by atoms with Crippen molar-refractivity contribution in [1.82, 2.24) is 15.5 Å². The van der Waals surface area contributed by atoms with Crippen LogP contribution in [-0.4, -0.2) is 47.1 Å². The second-order valence-electron chi connectivity index (χ2n) is 7.63. The number of hydrogen-bond acceptors (Lipinski definition) is 3. The third-order valence-electron chi connectivity index (χ3n) is 5.57. The number of nitrogens with zero attached hydrogens (tertiary/aromatic N) is 1. The minimum Gasteiger partial charge on any atom is -0.335 e. The average molecular weight is 277 g/mol. The lowest BCUT2D eigenvalue weighted by atomic mass is 9.96. The molecule has 1 amide bonds. The fraction of sp³-hybridized carbons (Fsp3) is 0.938. The van der Waals surface area contributed by atoms with E-state index in [1.165, 1.54) is 25.7 Å². The van der Waals surface area contributed by atoms with Crippen LogP contribution in [0.5, 0.6) is 0 Å². The predicted molar refractivity (Wildman–Crippen MR) is 78.4 cm³/mol. The maximum atomic E-state index is 12.7. The highest BCUT2D eigenvalue weighted by Gasteiger charge is 2.55. The van der Waals surface area contributed by atoms with E-state index in [4.69, 9.17) is 0 Å². The molecule has 4 nitrogen and oxygen atoms in total. The number of rotatable bonds is 4. The van der Waals surface area contributed by atoms with E-state index in [9.17, 15) is 4.79 Å². The van der Waals surface area contributed by atoms with E-state index in [0.29, 0.717) is 36.1 Å². The molecule has 2 N–H and O–H groups in total. The van der Waals surface area contributed by atoms with Gasteiger partial charge in [-0.25, -0.2) is 0 Å². The van der Waals surface area contributed by atoms with Crippen LogP contribution >= 0.6 is 0 Å². The van der Waals surface area contributed by atoms with Crippen molar-refractivity contribution >= 4 is 5.91 Å². The van der Waals surface area contributed by atoms with E-state index in [1.54, 1.807) is 0 Å². The summed E-state index contributed by atoms with van der Waals surface area (Å²) in [4.78, 5) is 15.0. The van der Waals surface area contributed by atoms with Crippen molar-refractivity contribution in [2.24, 2.45) is 5.92 Å². The lowest BCUT2D eigenvalue weighted by Gasteiger charge is -2.40. The van der Waals surface area contributed by atoms with E-state index in [1.807, 2.05) is 0 Å². The monoisotopic (exact) mass is 277 g/mol. The minimum absolute atomic E-state index is 0.167. The Morgan fingerprint density at radius 1 is 1.15 bits per heavy atom. The molecule has 0 unspecified atom stereocenters. The largest absolute Gasteiger partial charge is 0.335 e. The molecule has 0 aromatic heterocycles. The number of fused-ring (bicyclic) bond motifs is 2. The molecule has 112 valence electrons. The van der Waals surface area contributed by atoms with Gasteiger partial charge in [0.15, 0.2) is 0 Å². The molecule has 2 bridgehead atoms. The molecule has 1 saturated carbocycles. The van der Waals surface area contributed by atoms with Gasteiger partial charge in [0.1, 0.15) is 6.04 Å². The van der Waals surface area contributed by atoms with E-state index in [-0.39, 0.29) is 6.04 Å². The molecule has 0 aromatic carbocycles. The van der Waals surface area contributed by atoms with Crippen molar-refractivity contribution in [3.05, 3.63) is 0 Å². The van der Waals surface area contributed by atoms with Crippen LogP contribution in [0, 0.1) is 5.92 Å². The van der Waals surface area contributed by atoms with Crippen molar-refractivity contribution in [3.8, 4) is 0 Å². The van der Waals surface area contributed by atoms with Crippen LogP contribution in [0.25, 0.3) is 0 Å². The number of amides is 1. The molecule has 4 aliphatic rings. The molecule has 0 radical (unpaired) electrons. The van der Waals surface area contributed by atoms with Gasteiger partial charge >= 0.3 is 0 Å². The van der Waals surface area contributed by atoms with Crippen LogP contribution < -0.4 is 10.6 Å². The maximum absolute atomic E-state index is 12.7. The summed E-state index contributed by atoms with van der Waals surface area (Å²) < 4.78 is 0. The first-order chi connectivity index (χ1) is 9.63. The molecular formula is C16H27N3O. The molecule has 3 saturated heterocycles. The predicted octanol–water partition coefficient (Wildman–Crippen LogP) is 1.26. The third-order valence-corrected chi connectivity index (χ3v) is 5.57. The first kappa shape index (κ1) is 13.1. The fourth-order valence-electron chi connectivity index (χ4n) is 4.55. The van der Waals surface area contributed by atoms with Gasteiger partial charge in [0, 0.05) is 30.2 Å². The zero-order valence-electron chi connectivity index (χ0n) is 12.6. The van der Waals surface area contributed by atoms with E-state index < -0.39 is 0 Å². The van der Waals surface area contributed by atoms with Gasteiger partial charge in [-0.05, 0) is 44.4 Å². The quantitative estimate of drug-likeness (QED) is 0.761. The molecule has 0 spiro atoms. The second kappa shape index (κ2) is 4.70. The van der Waals surface area contributed by atoms with Gasteiger partial charge in [-0.15, -0.1) is 0 Å². The van der Waals surface area contributed by atoms with Gasteiger partial charge in [0.25, 0.3) is 0 Å². The van der Waals surface area contributed by atoms with Crippen LogP contribution in [0.1, 0.15) is 52.4 Å². The molecule has 3 heterocycles. The van der Waals surface area contributed by atoms with Crippen molar-refractivity contribution in [3.63, 3.8) is 0 Å². The van der Waals surface area contributed by atoms with Gasteiger partial charge in [0.2, 0.25) is 5.91 Å². The highest BCUT2D eigenvalue weighted by molar-refractivity contribution is 5.87. The molecule has 3 aliphatic heterocycles. The Kier molecular flexibility index (Phi) is 3.08. The highest BCUT2D eigenvalue weighted by Crippen LogP contribution is 2.42. The van der Waals surface area contributed by atoms with Gasteiger partial charge < -0.3 is 10.2 Å². The lowest BCUT2D eigenvalue weighted by molar-refractivity contribution is -0.135. The summed E-state index contributed by atoms with van der Waals surface area (Å²) in [6, 6.07) is 2.85. The van der Waals surface area contributed by atoms with Crippen molar-refractivity contribution in [2.75, 3.05) is 0 Å². The molecule has 1 aliphatic carbocycles. The second-order valence-corrected chi connectivity index (χ2v) is 7.63. The molecule has 0 aromatic rings. The van der Waals surface area contributed by atoms with E-state index >= 15 is 0 Å². The van der Waals surface area contributed by atoms with Crippen molar-refractivity contribution < 1.29 is 4.79 Å². The molecule has 4 rings (SSSR count). The topological polar surface area (TPSA) is 54.3 Å². The van der Waals surface area contributed by atoms with Crippen LogP contribution in [0.4, 0.5) is 0 Å². The van der Waals surface area contributed by atoms with Gasteiger partial charge in [0.05, 0.1) is 0 Å².